The predicted molar refractivity (Wildman–Crippen MR) is 135 cm³/mol. The molecule has 3 atom stereocenters. The van der Waals surface area contributed by atoms with Crippen LogP contribution in [0.4, 0.5) is 0 Å². The van der Waals surface area contributed by atoms with Gasteiger partial charge in [0.25, 0.3) is 6.29 Å². The number of carbonyl (C=O) groups excluding carboxylic acids is 3. The summed E-state index contributed by atoms with van der Waals surface area (Å²) in [6.07, 6.45) is 10.8. The number of carbonyl (C=O) groups is 3. The van der Waals surface area contributed by atoms with Crippen molar-refractivity contribution in [1.29, 1.82) is 0 Å². The Morgan fingerprint density at radius 3 is 2.47 bits per heavy atom. The van der Waals surface area contributed by atoms with Crippen LogP contribution in [-0.4, -0.2) is 36.6 Å². The van der Waals surface area contributed by atoms with Gasteiger partial charge in [-0.25, -0.2) is 4.79 Å². The molecule has 0 saturated heterocycles. The smallest absolute Gasteiger partial charge is 0.334 e. The van der Waals surface area contributed by atoms with Gasteiger partial charge in [-0.15, -0.1) is 0 Å². The van der Waals surface area contributed by atoms with Crippen LogP contribution in [0, 0.1) is 5.41 Å². The van der Waals surface area contributed by atoms with Crippen LogP contribution in [0.15, 0.2) is 46.1 Å². The summed E-state index contributed by atoms with van der Waals surface area (Å²) >= 11 is 0. The van der Waals surface area contributed by atoms with Gasteiger partial charge in [0.1, 0.15) is 0 Å². The van der Waals surface area contributed by atoms with Crippen molar-refractivity contribution in [2.75, 3.05) is 0 Å². The first-order valence-electron chi connectivity index (χ1n) is 12.9. The van der Waals surface area contributed by atoms with Gasteiger partial charge in [0.05, 0.1) is 6.10 Å². The fourth-order valence-electron chi connectivity index (χ4n) is 5.37. The summed E-state index contributed by atoms with van der Waals surface area (Å²) in [7, 11) is 0. The molecular formula is C29H40O7. The predicted octanol–water partition coefficient (Wildman–Crippen LogP) is 6.00. The summed E-state index contributed by atoms with van der Waals surface area (Å²) in [6, 6.07) is 0. The molecule has 2 aliphatic heterocycles. The van der Waals surface area contributed by atoms with Gasteiger partial charge < -0.3 is 18.9 Å². The normalized spacial score (nSPS) is 26.2. The SMILES string of the molecule is CC(=O)OC1O[C@@H](C2=CC(=O)OC2OC(C)=O)CC=C1CC/C=C(\C)CCC1=C(C)CCCC1(C)C. The van der Waals surface area contributed by atoms with Crippen LogP contribution in [0.5, 0.6) is 0 Å². The van der Waals surface area contributed by atoms with E-state index in [0.29, 0.717) is 23.8 Å². The molecule has 2 heterocycles. The van der Waals surface area contributed by atoms with Crippen molar-refractivity contribution < 1.29 is 33.3 Å². The number of hydrogen-bond acceptors (Lipinski definition) is 7. The van der Waals surface area contributed by atoms with E-state index in [2.05, 4.69) is 33.8 Å². The molecule has 1 aliphatic carbocycles. The Morgan fingerprint density at radius 2 is 1.81 bits per heavy atom. The average molecular weight is 501 g/mol. The van der Waals surface area contributed by atoms with Crippen LogP contribution in [-0.2, 0) is 33.3 Å². The maximum atomic E-state index is 11.8. The van der Waals surface area contributed by atoms with Crippen LogP contribution in [0.1, 0.15) is 92.9 Å². The van der Waals surface area contributed by atoms with E-state index in [1.165, 1.54) is 44.8 Å². The molecule has 0 N–H and O–H groups in total. The fraction of sp³-hybridized carbons (Fsp3) is 0.621. The zero-order valence-corrected chi connectivity index (χ0v) is 22.5. The maximum Gasteiger partial charge on any atom is 0.334 e. The molecule has 198 valence electrons. The van der Waals surface area contributed by atoms with Crippen LogP contribution in [0.2, 0.25) is 0 Å². The van der Waals surface area contributed by atoms with Crippen molar-refractivity contribution in [1.82, 2.24) is 0 Å². The van der Waals surface area contributed by atoms with Gasteiger partial charge in [-0.05, 0) is 76.2 Å². The molecule has 0 saturated carbocycles. The third kappa shape index (κ3) is 7.42. The Morgan fingerprint density at radius 1 is 1.11 bits per heavy atom. The second-order valence-corrected chi connectivity index (χ2v) is 10.7. The third-order valence-corrected chi connectivity index (χ3v) is 7.26. The van der Waals surface area contributed by atoms with Crippen LogP contribution >= 0.6 is 0 Å². The molecule has 0 aromatic carbocycles. The Hall–Kier alpha value is -2.67. The highest BCUT2D eigenvalue weighted by molar-refractivity contribution is 5.86. The van der Waals surface area contributed by atoms with Gasteiger partial charge in [0.2, 0.25) is 6.29 Å². The van der Waals surface area contributed by atoms with Gasteiger partial charge in [0, 0.05) is 25.5 Å². The lowest BCUT2D eigenvalue weighted by molar-refractivity contribution is -0.184. The van der Waals surface area contributed by atoms with Gasteiger partial charge in [-0.3, -0.25) is 9.59 Å². The minimum atomic E-state index is -1.12. The molecule has 2 unspecified atom stereocenters. The molecule has 7 nitrogen and oxygen atoms in total. The molecule has 36 heavy (non-hydrogen) atoms. The van der Waals surface area contributed by atoms with E-state index >= 15 is 0 Å². The molecule has 0 aromatic rings. The lowest BCUT2D eigenvalue weighted by atomic mass is 9.71. The first-order chi connectivity index (χ1) is 17.0. The first-order valence-corrected chi connectivity index (χ1v) is 12.9. The molecule has 3 rings (SSSR count). The molecule has 0 radical (unpaired) electrons. The van der Waals surface area contributed by atoms with Gasteiger partial charge >= 0.3 is 17.9 Å². The van der Waals surface area contributed by atoms with Crippen LogP contribution in [0.25, 0.3) is 0 Å². The summed E-state index contributed by atoms with van der Waals surface area (Å²) < 4.78 is 21.6. The number of ether oxygens (including phenoxy) is 4. The van der Waals surface area contributed by atoms with Crippen LogP contribution in [0.3, 0.4) is 0 Å². The van der Waals surface area contributed by atoms with E-state index in [9.17, 15) is 14.4 Å². The lowest BCUT2D eigenvalue weighted by Crippen LogP contribution is -2.35. The Labute approximate surface area is 214 Å². The van der Waals surface area contributed by atoms with Crippen molar-refractivity contribution in [3.8, 4) is 0 Å². The number of allylic oxidation sites excluding steroid dienone is 4. The molecule has 7 heteroatoms. The van der Waals surface area contributed by atoms with Crippen LogP contribution < -0.4 is 0 Å². The molecule has 0 amide bonds. The van der Waals surface area contributed by atoms with Gasteiger partial charge in [-0.2, -0.15) is 0 Å². The van der Waals surface area contributed by atoms with E-state index in [-0.39, 0.29) is 0 Å². The largest absolute Gasteiger partial charge is 0.432 e. The topological polar surface area (TPSA) is 88.1 Å². The Balaban J connectivity index is 1.61. The van der Waals surface area contributed by atoms with E-state index < -0.39 is 36.6 Å². The van der Waals surface area contributed by atoms with E-state index in [0.717, 1.165) is 24.8 Å². The highest BCUT2D eigenvalue weighted by atomic mass is 16.7. The summed E-state index contributed by atoms with van der Waals surface area (Å²) in [6.45, 7) is 11.8. The Bertz CT molecular complexity index is 995. The van der Waals surface area contributed by atoms with Crippen molar-refractivity contribution in [3.05, 3.63) is 46.1 Å². The average Bonchev–Trinajstić information content (AvgIpc) is 3.12. The molecule has 0 spiro atoms. The highest BCUT2D eigenvalue weighted by Crippen LogP contribution is 2.42. The van der Waals surface area contributed by atoms with E-state index in [4.69, 9.17) is 18.9 Å². The fourth-order valence-corrected chi connectivity index (χ4v) is 5.37. The second kappa shape index (κ2) is 12.0. The number of rotatable bonds is 9. The van der Waals surface area contributed by atoms with Crippen molar-refractivity contribution in [2.24, 2.45) is 5.41 Å². The minimum absolute atomic E-state index is 0.291. The van der Waals surface area contributed by atoms with Crippen molar-refractivity contribution in [2.45, 2.75) is 112 Å². The minimum Gasteiger partial charge on any atom is -0.432 e. The molecule has 0 fully saturated rings. The number of esters is 3. The molecule has 0 aromatic heterocycles. The van der Waals surface area contributed by atoms with E-state index in [1.807, 2.05) is 6.08 Å². The zero-order chi connectivity index (χ0) is 26.5. The quantitative estimate of drug-likeness (QED) is 0.283. The summed E-state index contributed by atoms with van der Waals surface area (Å²) in [5.41, 5.74) is 6.11. The molecular weight excluding hydrogens is 460 g/mol. The summed E-state index contributed by atoms with van der Waals surface area (Å²) in [4.78, 5) is 34.9. The summed E-state index contributed by atoms with van der Waals surface area (Å²) in [5, 5.41) is 0. The maximum absolute atomic E-state index is 11.8. The second-order valence-electron chi connectivity index (χ2n) is 10.7. The number of hydrogen-bond donors (Lipinski definition) is 0. The van der Waals surface area contributed by atoms with Crippen molar-refractivity contribution >= 4 is 17.9 Å². The standard InChI is InChI=1S/C29H40O7/c1-18(12-14-24-19(2)10-8-16-29(24,5)6)9-7-11-22-13-15-25(35-27(22)33-20(3)30)23-17-26(32)36-28(23)34-21(4)31/h9,13,17,25,27-28H,7-8,10-12,14-16H2,1-6H3/b18-9+/t25-,27?,28?/m1/s1. The van der Waals surface area contributed by atoms with Gasteiger partial charge in [0.15, 0.2) is 0 Å². The Kier molecular flexibility index (Phi) is 9.34. The monoisotopic (exact) mass is 500 g/mol. The third-order valence-electron chi connectivity index (χ3n) is 7.26. The van der Waals surface area contributed by atoms with E-state index in [1.54, 1.807) is 11.1 Å². The lowest BCUT2D eigenvalue weighted by Gasteiger charge is -2.35. The summed E-state index contributed by atoms with van der Waals surface area (Å²) in [5.74, 6) is -1.62. The molecule has 0 bridgehead atoms. The van der Waals surface area contributed by atoms with Crippen molar-refractivity contribution in [3.63, 3.8) is 0 Å². The molecule has 3 aliphatic rings. The zero-order valence-electron chi connectivity index (χ0n) is 22.5. The highest BCUT2D eigenvalue weighted by Gasteiger charge is 2.38. The number of cyclic esters (lactones) is 1. The first kappa shape index (κ1) is 27.9. The van der Waals surface area contributed by atoms with Gasteiger partial charge in [-0.1, -0.05) is 42.7 Å².